The van der Waals surface area contributed by atoms with Crippen LogP contribution in [0.1, 0.15) is 37.8 Å². The molecule has 3 rings (SSSR count). The van der Waals surface area contributed by atoms with E-state index in [-0.39, 0.29) is 11.6 Å². The van der Waals surface area contributed by atoms with Crippen LogP contribution in [0.3, 0.4) is 0 Å². The number of ether oxygens (including phenoxy) is 4. The van der Waals surface area contributed by atoms with Gasteiger partial charge in [0, 0.05) is 12.5 Å². The second-order valence-corrected chi connectivity index (χ2v) is 6.57. The number of aliphatic imine (C=N–C) groups is 1. The van der Waals surface area contributed by atoms with Crippen molar-refractivity contribution < 1.29 is 28.5 Å². The van der Waals surface area contributed by atoms with E-state index in [1.54, 1.807) is 36.4 Å². The summed E-state index contributed by atoms with van der Waals surface area (Å²) in [7, 11) is 1.47. The van der Waals surface area contributed by atoms with Gasteiger partial charge in [0.2, 0.25) is 5.90 Å². The van der Waals surface area contributed by atoms with Crippen molar-refractivity contribution in [1.29, 1.82) is 0 Å². The van der Waals surface area contributed by atoms with Crippen molar-refractivity contribution in [3.63, 3.8) is 0 Å². The van der Waals surface area contributed by atoms with Gasteiger partial charge in [-0.3, -0.25) is 4.79 Å². The van der Waals surface area contributed by atoms with Crippen LogP contribution in [0.5, 0.6) is 17.2 Å². The number of methoxy groups -OCH3 is 1. The molecule has 0 unspecified atom stereocenters. The van der Waals surface area contributed by atoms with Crippen LogP contribution in [-0.4, -0.2) is 31.6 Å². The van der Waals surface area contributed by atoms with E-state index in [4.69, 9.17) is 18.9 Å². The van der Waals surface area contributed by atoms with Crippen LogP contribution >= 0.6 is 0 Å². The Morgan fingerprint density at radius 1 is 1.13 bits per heavy atom. The van der Waals surface area contributed by atoms with Gasteiger partial charge in [-0.2, -0.15) is 0 Å². The molecule has 30 heavy (non-hydrogen) atoms. The Bertz CT molecular complexity index is 991. The monoisotopic (exact) mass is 409 g/mol. The second kappa shape index (κ2) is 9.73. The molecule has 0 saturated heterocycles. The number of benzene rings is 2. The zero-order valence-corrected chi connectivity index (χ0v) is 17.1. The molecule has 0 bridgehead atoms. The van der Waals surface area contributed by atoms with Crippen molar-refractivity contribution in [1.82, 2.24) is 0 Å². The van der Waals surface area contributed by atoms with Gasteiger partial charge < -0.3 is 18.9 Å². The Kier molecular flexibility index (Phi) is 6.85. The molecule has 0 fully saturated rings. The molecule has 0 N–H and O–H groups in total. The Hall–Kier alpha value is -3.61. The van der Waals surface area contributed by atoms with Crippen molar-refractivity contribution in [3.05, 3.63) is 59.3 Å². The van der Waals surface area contributed by atoms with Crippen molar-refractivity contribution in [2.75, 3.05) is 13.7 Å². The molecule has 0 aliphatic carbocycles. The van der Waals surface area contributed by atoms with Crippen molar-refractivity contribution >= 4 is 23.9 Å². The summed E-state index contributed by atoms with van der Waals surface area (Å²) < 4.78 is 21.3. The number of hydrogen-bond donors (Lipinski definition) is 0. The van der Waals surface area contributed by atoms with E-state index in [0.29, 0.717) is 29.2 Å². The molecule has 1 aliphatic rings. The van der Waals surface area contributed by atoms with Crippen LogP contribution in [0.25, 0.3) is 6.08 Å². The Labute approximate surface area is 174 Å². The number of carbonyl (C=O) groups is 2. The second-order valence-electron chi connectivity index (χ2n) is 6.57. The van der Waals surface area contributed by atoms with Gasteiger partial charge >= 0.3 is 11.9 Å². The molecule has 0 spiro atoms. The molecule has 0 atom stereocenters. The minimum Gasteiger partial charge on any atom is -0.494 e. The topological polar surface area (TPSA) is 83.4 Å². The number of nitrogens with zero attached hydrogens (tertiary/aromatic N) is 1. The van der Waals surface area contributed by atoms with Gasteiger partial charge in [-0.1, -0.05) is 19.4 Å². The Morgan fingerprint density at radius 2 is 1.90 bits per heavy atom. The molecule has 0 aromatic heterocycles. The van der Waals surface area contributed by atoms with E-state index in [2.05, 4.69) is 11.9 Å². The fourth-order valence-corrected chi connectivity index (χ4v) is 2.73. The smallest absolute Gasteiger partial charge is 0.363 e. The van der Waals surface area contributed by atoms with E-state index in [0.717, 1.165) is 18.6 Å². The van der Waals surface area contributed by atoms with E-state index < -0.39 is 11.9 Å². The van der Waals surface area contributed by atoms with Crippen LogP contribution < -0.4 is 14.2 Å². The van der Waals surface area contributed by atoms with Gasteiger partial charge in [0.1, 0.15) is 5.75 Å². The lowest BCUT2D eigenvalue weighted by molar-refractivity contribution is -0.132. The Morgan fingerprint density at radius 3 is 2.57 bits per heavy atom. The molecule has 0 amide bonds. The first kappa shape index (κ1) is 21.1. The van der Waals surface area contributed by atoms with Crippen LogP contribution in [0.15, 0.2) is 53.2 Å². The van der Waals surface area contributed by atoms with E-state index in [1.807, 2.05) is 12.1 Å². The molecular formula is C23H23NO6. The molecule has 1 aliphatic heterocycles. The van der Waals surface area contributed by atoms with Gasteiger partial charge in [-0.25, -0.2) is 9.79 Å². The van der Waals surface area contributed by atoms with Gasteiger partial charge in [-0.15, -0.1) is 0 Å². The maximum atomic E-state index is 12.2. The average Bonchev–Trinajstić information content (AvgIpc) is 3.09. The highest BCUT2D eigenvalue weighted by atomic mass is 16.6. The lowest BCUT2D eigenvalue weighted by atomic mass is 10.1. The Balaban J connectivity index is 1.78. The summed E-state index contributed by atoms with van der Waals surface area (Å²) in [5, 5.41) is 0. The summed E-state index contributed by atoms with van der Waals surface area (Å²) in [6.07, 6.45) is 3.64. The third kappa shape index (κ3) is 5.26. The lowest BCUT2D eigenvalue weighted by Crippen LogP contribution is -2.05. The van der Waals surface area contributed by atoms with Gasteiger partial charge in [0.25, 0.3) is 0 Å². The number of rotatable bonds is 8. The molecular weight excluding hydrogens is 386 g/mol. The fraction of sp³-hybridized carbons (Fsp3) is 0.261. The largest absolute Gasteiger partial charge is 0.494 e. The first-order valence-corrected chi connectivity index (χ1v) is 9.62. The zero-order valence-electron chi connectivity index (χ0n) is 17.1. The standard InChI is InChI=1S/C23H23NO6/c1-4-5-12-28-18-9-7-17(8-10-18)22-24-19(23(26)30-22)13-16-6-11-20(29-15(2)25)21(14-16)27-3/h6-11,13-14H,4-5,12H2,1-3H3/b19-13-. The summed E-state index contributed by atoms with van der Waals surface area (Å²) >= 11 is 0. The predicted molar refractivity (Wildman–Crippen MR) is 112 cm³/mol. The highest BCUT2D eigenvalue weighted by molar-refractivity contribution is 6.12. The highest BCUT2D eigenvalue weighted by Crippen LogP contribution is 2.30. The SMILES string of the molecule is CCCCOc1ccc(C2=N/C(=C\c3ccc(OC(C)=O)c(OC)c3)C(=O)O2)cc1. The normalized spacial score (nSPS) is 14.3. The van der Waals surface area contributed by atoms with Crippen LogP contribution in [-0.2, 0) is 14.3 Å². The van der Waals surface area contributed by atoms with Crippen molar-refractivity contribution in [2.45, 2.75) is 26.7 Å². The van der Waals surface area contributed by atoms with Gasteiger partial charge in [0.05, 0.1) is 13.7 Å². The third-order valence-corrected chi connectivity index (χ3v) is 4.23. The fourth-order valence-electron chi connectivity index (χ4n) is 2.73. The summed E-state index contributed by atoms with van der Waals surface area (Å²) in [6.45, 7) is 4.08. The first-order valence-electron chi connectivity index (χ1n) is 9.62. The molecule has 1 heterocycles. The average molecular weight is 409 g/mol. The first-order chi connectivity index (χ1) is 14.5. The molecule has 2 aromatic rings. The molecule has 0 saturated carbocycles. The third-order valence-electron chi connectivity index (χ3n) is 4.23. The van der Waals surface area contributed by atoms with Crippen LogP contribution in [0.4, 0.5) is 0 Å². The molecule has 7 heteroatoms. The van der Waals surface area contributed by atoms with Crippen LogP contribution in [0, 0.1) is 0 Å². The maximum Gasteiger partial charge on any atom is 0.363 e. The summed E-state index contributed by atoms with van der Waals surface area (Å²) in [5.74, 6) is 0.661. The van der Waals surface area contributed by atoms with E-state index >= 15 is 0 Å². The summed E-state index contributed by atoms with van der Waals surface area (Å²) in [5.41, 5.74) is 1.49. The number of unbranched alkanes of at least 4 members (excludes halogenated alkanes) is 1. The minimum atomic E-state index is -0.545. The maximum absolute atomic E-state index is 12.2. The molecule has 0 radical (unpaired) electrons. The number of carbonyl (C=O) groups excluding carboxylic acids is 2. The van der Waals surface area contributed by atoms with E-state index in [9.17, 15) is 9.59 Å². The zero-order chi connectivity index (χ0) is 21.5. The van der Waals surface area contributed by atoms with E-state index in [1.165, 1.54) is 14.0 Å². The van der Waals surface area contributed by atoms with Crippen molar-refractivity contribution in [3.8, 4) is 17.2 Å². The number of esters is 2. The minimum absolute atomic E-state index is 0.163. The van der Waals surface area contributed by atoms with Crippen LogP contribution in [0.2, 0.25) is 0 Å². The molecule has 156 valence electrons. The van der Waals surface area contributed by atoms with Gasteiger partial charge in [0.15, 0.2) is 17.2 Å². The number of hydrogen-bond acceptors (Lipinski definition) is 7. The number of cyclic esters (lactones) is 1. The lowest BCUT2D eigenvalue weighted by Gasteiger charge is -2.08. The quantitative estimate of drug-likeness (QED) is 0.282. The molecule has 7 nitrogen and oxygen atoms in total. The van der Waals surface area contributed by atoms with Crippen molar-refractivity contribution in [2.24, 2.45) is 4.99 Å². The summed E-state index contributed by atoms with van der Waals surface area (Å²) in [4.78, 5) is 27.7. The molecule has 2 aromatic carbocycles. The van der Waals surface area contributed by atoms with Gasteiger partial charge in [-0.05, 0) is 54.5 Å². The summed E-state index contributed by atoms with van der Waals surface area (Å²) in [6, 6.07) is 12.2. The highest BCUT2D eigenvalue weighted by Gasteiger charge is 2.24. The predicted octanol–water partition coefficient (Wildman–Crippen LogP) is 4.14.